The molecule has 14 N–H and O–H groups in total. The number of sulfonamides is 2. The number of aliphatic carboxylic acids is 3. The number of carboxylic acids is 3. The predicted octanol–water partition coefficient (Wildman–Crippen LogP) is -3.47. The number of nitrogens with one attached hydrogen (secondary N) is 5. The molecule has 0 radical (unpaired) electrons. The van der Waals surface area contributed by atoms with E-state index in [1.165, 1.54) is 117 Å². The van der Waals surface area contributed by atoms with E-state index in [4.69, 9.17) is 25.6 Å². The molecule has 0 heterocycles. The Morgan fingerprint density at radius 3 is 1.02 bits per heavy atom. The summed E-state index contributed by atoms with van der Waals surface area (Å²) in [7, 11) is -7.78. The SMILES string of the molecule is NCCNC(=O)CN(CCN(CC(=O)O)CC(=O)Nc1ccc(NS(=O)[O-])cc1)CC(=O)Cc1ccc(S(N)(=O)=O)cc1.NS(=O)(=O)c1ccc(CC(=O)CN(CCN(CC(=O)O)CC(=O)Nc2ccc(NS(=O)[O-])cc2)CC(=O)O)cc1.O=C=O. The molecule has 2 atom stereocenters. The maximum absolute atomic E-state index is 12.8. The molecular weight excluding hydrogens is 1220 g/mol. The first-order valence-corrected chi connectivity index (χ1v) is 29.9. The number of carbonyl (C=O) groups is 8. The van der Waals surface area contributed by atoms with Gasteiger partial charge in [0.15, 0.2) is 11.6 Å². The summed E-state index contributed by atoms with van der Waals surface area (Å²) in [6, 6.07) is 22.3. The van der Waals surface area contributed by atoms with Gasteiger partial charge in [-0.1, -0.05) is 24.3 Å². The van der Waals surface area contributed by atoms with Crippen LogP contribution in [0.5, 0.6) is 0 Å². The van der Waals surface area contributed by atoms with Gasteiger partial charge < -0.3 is 55.6 Å². The fourth-order valence-electron chi connectivity index (χ4n) is 7.37. The van der Waals surface area contributed by atoms with Gasteiger partial charge in [-0.15, -0.1) is 0 Å². The van der Waals surface area contributed by atoms with Gasteiger partial charge in [0.2, 0.25) is 37.8 Å². The number of benzene rings is 4. The smallest absolute Gasteiger partial charge is 0.373 e. The van der Waals surface area contributed by atoms with Crippen LogP contribution in [0.2, 0.25) is 0 Å². The summed E-state index contributed by atoms with van der Waals surface area (Å²) in [6.45, 7) is -2.51. The molecule has 0 bridgehead atoms. The first kappa shape index (κ1) is 74.0. The molecule has 4 aromatic rings. The highest BCUT2D eigenvalue weighted by Gasteiger charge is 2.22. The van der Waals surface area contributed by atoms with Crippen molar-refractivity contribution in [2.24, 2.45) is 16.0 Å². The van der Waals surface area contributed by atoms with Crippen LogP contribution >= 0.6 is 0 Å². The summed E-state index contributed by atoms with van der Waals surface area (Å²) in [5.41, 5.74) is 7.68. The minimum absolute atomic E-state index is 0.0123. The minimum Gasteiger partial charge on any atom is -0.755 e. The molecule has 33 nitrogen and oxygen atoms in total. The van der Waals surface area contributed by atoms with Crippen LogP contribution in [0.15, 0.2) is 107 Å². The minimum atomic E-state index is -3.89. The molecule has 4 rings (SSSR count). The van der Waals surface area contributed by atoms with Gasteiger partial charge in [0, 0.05) is 97.4 Å². The van der Waals surface area contributed by atoms with Crippen LogP contribution in [-0.2, 0) is 103 Å². The van der Waals surface area contributed by atoms with Gasteiger partial charge in [-0.3, -0.25) is 66.4 Å². The number of ketones is 2. The van der Waals surface area contributed by atoms with E-state index in [1.807, 2.05) is 0 Å². The number of nitrogens with two attached hydrogens (primary N) is 3. The number of hydrogen-bond donors (Lipinski definition) is 11. The summed E-state index contributed by atoms with van der Waals surface area (Å²) in [5.74, 6) is -5.82. The first-order valence-electron chi connectivity index (χ1n) is 24.7. The molecule has 4 aromatic carbocycles. The molecule has 470 valence electrons. The van der Waals surface area contributed by atoms with E-state index in [-0.39, 0.29) is 124 Å². The number of rotatable bonds is 36. The molecule has 0 aromatic heterocycles. The Balaban J connectivity index is 0.000000562. The van der Waals surface area contributed by atoms with E-state index < -0.39 is 97.8 Å². The number of carboxylic acid groups (broad SMARTS) is 3. The van der Waals surface area contributed by atoms with Crippen molar-refractivity contribution >= 4 is 119 Å². The first-order chi connectivity index (χ1) is 40.4. The molecule has 0 aliphatic heterocycles. The van der Waals surface area contributed by atoms with E-state index in [1.54, 1.807) is 0 Å². The maximum atomic E-state index is 12.8. The lowest BCUT2D eigenvalue weighted by Crippen LogP contribution is -2.46. The van der Waals surface area contributed by atoms with Gasteiger partial charge >= 0.3 is 24.1 Å². The number of Topliss-reactive ketones (excluding diaryl/α,β-unsaturated/α-hetero) is 2. The highest BCUT2D eigenvalue weighted by Crippen LogP contribution is 2.16. The average molecular weight is 1280 g/mol. The zero-order valence-corrected chi connectivity index (χ0v) is 48.7. The van der Waals surface area contributed by atoms with Gasteiger partial charge in [-0.2, -0.15) is 9.59 Å². The Hall–Kier alpha value is -8.14. The lowest BCUT2D eigenvalue weighted by Gasteiger charge is -2.26. The third-order valence-electron chi connectivity index (χ3n) is 11.0. The Morgan fingerprint density at radius 2 is 0.744 bits per heavy atom. The van der Waals surface area contributed by atoms with Crippen LogP contribution in [0.3, 0.4) is 0 Å². The lowest BCUT2D eigenvalue weighted by atomic mass is 10.1. The lowest BCUT2D eigenvalue weighted by molar-refractivity contribution is -0.192. The largest absolute Gasteiger partial charge is 0.755 e. The number of carbonyl (C=O) groups excluding carboxylic acids is 7. The van der Waals surface area contributed by atoms with Crippen molar-refractivity contribution in [3.05, 3.63) is 108 Å². The van der Waals surface area contributed by atoms with Crippen molar-refractivity contribution in [2.75, 3.05) is 112 Å². The molecule has 0 saturated carbocycles. The van der Waals surface area contributed by atoms with Gasteiger partial charge in [-0.25, -0.2) is 27.1 Å². The van der Waals surface area contributed by atoms with Crippen molar-refractivity contribution in [2.45, 2.75) is 22.6 Å². The van der Waals surface area contributed by atoms with Crippen molar-refractivity contribution in [3.63, 3.8) is 0 Å². The van der Waals surface area contributed by atoms with Crippen LogP contribution in [-0.4, -0.2) is 214 Å². The Bertz CT molecular complexity index is 3250. The molecular formula is C49H62N12O21S4-2. The summed E-state index contributed by atoms with van der Waals surface area (Å²) >= 11 is -5.02. The number of primary sulfonamides is 2. The molecule has 0 spiro atoms. The summed E-state index contributed by atoms with van der Waals surface area (Å²) in [6.07, 6.45) is 0.0768. The summed E-state index contributed by atoms with van der Waals surface area (Å²) < 4.78 is 92.8. The summed E-state index contributed by atoms with van der Waals surface area (Å²) in [5, 5.41) is 45.8. The van der Waals surface area contributed by atoms with E-state index in [0.29, 0.717) is 22.5 Å². The van der Waals surface area contributed by atoms with Crippen LogP contribution < -0.4 is 41.4 Å². The second-order valence-electron chi connectivity index (χ2n) is 18.0. The summed E-state index contributed by atoms with van der Waals surface area (Å²) in [4.78, 5) is 118. The number of amides is 3. The van der Waals surface area contributed by atoms with Gasteiger partial charge in [0.1, 0.15) is 0 Å². The highest BCUT2D eigenvalue weighted by atomic mass is 32.2. The van der Waals surface area contributed by atoms with Crippen molar-refractivity contribution in [1.29, 1.82) is 0 Å². The fourth-order valence-corrected chi connectivity index (χ4v) is 9.06. The topological polar surface area (TPSA) is 531 Å². The van der Waals surface area contributed by atoms with Gasteiger partial charge in [0.25, 0.3) is 0 Å². The van der Waals surface area contributed by atoms with E-state index >= 15 is 0 Å². The van der Waals surface area contributed by atoms with E-state index in [2.05, 4.69) is 25.4 Å². The standard InChI is InChI=1S/C25H35N7O9S2.C23H29N5O10S2.CO2/c26-9-10-28-23(34)15-31(14-21(33)13-18-1-7-22(8-2-18)43(27,40)41)11-12-32(17-25(36)37)16-24(35)29-19-3-5-20(6-4-19)30-42(38)39;24-40(37,38)20-7-1-16(2-8-20)11-19(29)12-27(14-22(31)32)9-10-28(15-23(33)34)13-21(30)25-17-3-5-18(6-4-17)26-39(35)36;2-1-3/h1-8,30H,9-17,26H2,(H,28,34)(H,29,35)(H,36,37)(H,38,39)(H2,27,40,41);1-8,26H,9-15H2,(H,25,30)(H,31,32)(H,33,34)(H,35,36)(H2,24,37,38);/p-2. The van der Waals surface area contributed by atoms with Crippen LogP contribution in [0.4, 0.5) is 22.7 Å². The Morgan fingerprint density at radius 1 is 0.465 bits per heavy atom. The number of hydrogen-bond acceptors (Lipinski definition) is 23. The van der Waals surface area contributed by atoms with Crippen LogP contribution in [0.1, 0.15) is 11.1 Å². The molecule has 2 unspecified atom stereocenters. The second kappa shape index (κ2) is 38.0. The zero-order valence-electron chi connectivity index (χ0n) is 45.4. The highest BCUT2D eigenvalue weighted by molar-refractivity contribution is 7.89. The predicted molar refractivity (Wildman–Crippen MR) is 304 cm³/mol. The molecule has 0 fully saturated rings. The molecule has 0 saturated heterocycles. The molecule has 3 amide bonds. The quantitative estimate of drug-likeness (QED) is 0.0197. The third kappa shape index (κ3) is 32.8. The molecule has 0 aliphatic rings. The van der Waals surface area contributed by atoms with E-state index in [0.717, 1.165) is 0 Å². The van der Waals surface area contributed by atoms with E-state index in [9.17, 15) is 88.0 Å². The monoisotopic (exact) mass is 1280 g/mol. The fraction of sp³-hybridized carbons (Fsp3) is 0.327. The maximum Gasteiger partial charge on any atom is 0.373 e. The molecule has 0 aliphatic carbocycles. The number of anilines is 4. The van der Waals surface area contributed by atoms with Crippen molar-refractivity contribution < 1.29 is 97.6 Å². The molecule has 37 heteroatoms. The Kier molecular flexibility index (Phi) is 32.7. The average Bonchev–Trinajstić information content (AvgIpc) is 3.55. The van der Waals surface area contributed by atoms with Gasteiger partial charge in [0.05, 0.1) is 62.1 Å². The Labute approximate surface area is 497 Å². The number of nitrogens with zero attached hydrogens (tertiary/aromatic N) is 4. The van der Waals surface area contributed by atoms with Crippen LogP contribution in [0.25, 0.3) is 0 Å². The zero-order chi connectivity index (χ0) is 64.6. The van der Waals surface area contributed by atoms with Crippen molar-refractivity contribution in [1.82, 2.24) is 24.9 Å². The third-order valence-corrected chi connectivity index (χ3v) is 13.6. The molecule has 86 heavy (non-hydrogen) atoms. The normalized spacial score (nSPS) is 11.8. The van der Waals surface area contributed by atoms with Crippen molar-refractivity contribution in [3.8, 4) is 0 Å². The second-order valence-corrected chi connectivity index (χ2v) is 22.4. The van der Waals surface area contributed by atoms with Gasteiger partial charge in [-0.05, 0) is 83.9 Å². The van der Waals surface area contributed by atoms with Crippen LogP contribution in [0, 0.1) is 0 Å².